The number of nitrogens with zero attached hydrogens (tertiary/aromatic N) is 2. The van der Waals surface area contributed by atoms with Gasteiger partial charge in [-0.15, -0.1) is 0 Å². The molecular weight excluding hydrogens is 404 g/mol. The van der Waals surface area contributed by atoms with Crippen LogP contribution in [0.3, 0.4) is 0 Å². The highest BCUT2D eigenvalue weighted by Gasteiger charge is 2.47. The summed E-state index contributed by atoms with van der Waals surface area (Å²) in [6.45, 7) is 4.56. The van der Waals surface area contributed by atoms with Crippen LogP contribution in [0.4, 0.5) is 5.69 Å². The zero-order valence-corrected chi connectivity index (χ0v) is 18.0. The molecule has 6 nitrogen and oxygen atoms in total. The van der Waals surface area contributed by atoms with Gasteiger partial charge in [0, 0.05) is 17.4 Å². The van der Waals surface area contributed by atoms with Gasteiger partial charge in [-0.2, -0.15) is 0 Å². The summed E-state index contributed by atoms with van der Waals surface area (Å²) in [4.78, 5) is 32.0. The second-order valence-electron chi connectivity index (χ2n) is 7.63. The Labute approximate surface area is 186 Å². The third-order valence-corrected chi connectivity index (χ3v) is 5.33. The van der Waals surface area contributed by atoms with Crippen molar-refractivity contribution in [1.82, 2.24) is 4.98 Å². The summed E-state index contributed by atoms with van der Waals surface area (Å²) < 4.78 is 5.59. The van der Waals surface area contributed by atoms with Crippen molar-refractivity contribution in [2.75, 3.05) is 11.5 Å². The lowest BCUT2D eigenvalue weighted by Crippen LogP contribution is -2.29. The number of rotatable bonds is 6. The number of aliphatic hydroxyl groups is 1. The van der Waals surface area contributed by atoms with Crippen molar-refractivity contribution in [3.63, 3.8) is 0 Å². The molecule has 2 heterocycles. The first-order valence-corrected chi connectivity index (χ1v) is 10.5. The first kappa shape index (κ1) is 21.3. The van der Waals surface area contributed by atoms with E-state index in [1.54, 1.807) is 60.8 Å². The molecule has 162 valence electrons. The predicted molar refractivity (Wildman–Crippen MR) is 122 cm³/mol. The molecule has 2 aromatic carbocycles. The number of ketones is 1. The van der Waals surface area contributed by atoms with Crippen LogP contribution >= 0.6 is 0 Å². The number of hydrogen-bond acceptors (Lipinski definition) is 5. The molecule has 1 aromatic heterocycles. The summed E-state index contributed by atoms with van der Waals surface area (Å²) in [5, 5.41) is 11.1. The van der Waals surface area contributed by atoms with Crippen LogP contribution in [0.25, 0.3) is 5.76 Å². The van der Waals surface area contributed by atoms with E-state index >= 15 is 0 Å². The van der Waals surface area contributed by atoms with Crippen molar-refractivity contribution in [1.29, 1.82) is 0 Å². The predicted octanol–water partition coefficient (Wildman–Crippen LogP) is 4.81. The molecule has 1 fully saturated rings. The fourth-order valence-corrected chi connectivity index (χ4v) is 3.71. The van der Waals surface area contributed by atoms with Crippen molar-refractivity contribution in [3.8, 4) is 5.75 Å². The van der Waals surface area contributed by atoms with Gasteiger partial charge in [-0.3, -0.25) is 19.5 Å². The van der Waals surface area contributed by atoms with E-state index in [0.29, 0.717) is 29.3 Å². The zero-order chi connectivity index (χ0) is 22.7. The van der Waals surface area contributed by atoms with E-state index in [2.05, 4.69) is 4.98 Å². The number of carbonyl (C=O) groups excluding carboxylic acids is 2. The van der Waals surface area contributed by atoms with Gasteiger partial charge in [-0.05, 0) is 61.9 Å². The largest absolute Gasteiger partial charge is 0.507 e. The second kappa shape index (κ2) is 9.06. The van der Waals surface area contributed by atoms with Gasteiger partial charge in [0.05, 0.1) is 17.9 Å². The standard InChI is InChI=1S/C26H24N2O4/c1-3-16-32-20-13-9-18(10-14-20)24(29)22-23(21-6-4-5-15-27-21)28(26(31)25(22)30)19-11-7-17(2)8-12-19/h4-15,23,29H,3,16H2,1-2H3/b24-22-. The van der Waals surface area contributed by atoms with Gasteiger partial charge in [0.25, 0.3) is 11.7 Å². The average Bonchev–Trinajstić information content (AvgIpc) is 3.09. The number of aromatic nitrogens is 1. The minimum atomic E-state index is -0.838. The van der Waals surface area contributed by atoms with E-state index in [-0.39, 0.29) is 11.3 Å². The Hall–Kier alpha value is -3.93. The van der Waals surface area contributed by atoms with Gasteiger partial charge in [0.2, 0.25) is 0 Å². The summed E-state index contributed by atoms with van der Waals surface area (Å²) >= 11 is 0. The minimum absolute atomic E-state index is 0.0106. The molecule has 3 aromatic rings. The second-order valence-corrected chi connectivity index (χ2v) is 7.63. The molecule has 1 amide bonds. The van der Waals surface area contributed by atoms with E-state index < -0.39 is 17.7 Å². The molecule has 0 bridgehead atoms. The fourth-order valence-electron chi connectivity index (χ4n) is 3.71. The third-order valence-electron chi connectivity index (χ3n) is 5.33. The van der Waals surface area contributed by atoms with E-state index in [1.807, 2.05) is 26.0 Å². The maximum atomic E-state index is 13.1. The molecule has 1 N–H and O–H groups in total. The van der Waals surface area contributed by atoms with E-state index in [0.717, 1.165) is 12.0 Å². The Morgan fingerprint density at radius 3 is 2.38 bits per heavy atom. The molecule has 1 unspecified atom stereocenters. The lowest BCUT2D eigenvalue weighted by molar-refractivity contribution is -0.132. The number of aliphatic hydroxyl groups excluding tert-OH is 1. The SMILES string of the molecule is CCCOc1ccc(/C(O)=C2/C(=O)C(=O)N(c3ccc(C)cc3)C2c2ccccn2)cc1. The van der Waals surface area contributed by atoms with Crippen LogP contribution in [-0.4, -0.2) is 28.4 Å². The normalized spacial score (nSPS) is 17.6. The Bertz CT molecular complexity index is 1150. The number of anilines is 1. The number of amides is 1. The van der Waals surface area contributed by atoms with Gasteiger partial charge in [0.1, 0.15) is 17.6 Å². The highest BCUT2D eigenvalue weighted by molar-refractivity contribution is 6.51. The molecule has 0 radical (unpaired) electrons. The van der Waals surface area contributed by atoms with Gasteiger partial charge >= 0.3 is 0 Å². The molecule has 1 saturated heterocycles. The lowest BCUT2D eigenvalue weighted by Gasteiger charge is -2.24. The van der Waals surface area contributed by atoms with E-state index in [4.69, 9.17) is 4.74 Å². The van der Waals surface area contributed by atoms with Crippen LogP contribution in [-0.2, 0) is 9.59 Å². The Balaban J connectivity index is 1.82. The number of aryl methyl sites for hydroxylation is 1. The van der Waals surface area contributed by atoms with Crippen molar-refractivity contribution in [2.24, 2.45) is 0 Å². The van der Waals surface area contributed by atoms with Crippen LogP contribution in [0.5, 0.6) is 5.75 Å². The molecular formula is C26H24N2O4. The highest BCUT2D eigenvalue weighted by atomic mass is 16.5. The van der Waals surface area contributed by atoms with Crippen LogP contribution < -0.4 is 9.64 Å². The third kappa shape index (κ3) is 3.99. The molecule has 4 rings (SSSR count). The summed E-state index contributed by atoms with van der Waals surface area (Å²) in [5.41, 5.74) is 2.53. The van der Waals surface area contributed by atoms with Crippen molar-refractivity contribution in [2.45, 2.75) is 26.3 Å². The van der Waals surface area contributed by atoms with Crippen molar-refractivity contribution < 1.29 is 19.4 Å². The number of ether oxygens (including phenoxy) is 1. The Kier molecular flexibility index (Phi) is 6.03. The van der Waals surface area contributed by atoms with Crippen molar-refractivity contribution in [3.05, 3.63) is 95.3 Å². The number of benzene rings is 2. The topological polar surface area (TPSA) is 79.7 Å². The smallest absolute Gasteiger partial charge is 0.300 e. The fraction of sp³-hybridized carbons (Fsp3) is 0.192. The molecule has 32 heavy (non-hydrogen) atoms. The summed E-state index contributed by atoms with van der Waals surface area (Å²) in [7, 11) is 0. The summed E-state index contributed by atoms with van der Waals surface area (Å²) in [6.07, 6.45) is 2.48. The first-order valence-electron chi connectivity index (χ1n) is 10.5. The minimum Gasteiger partial charge on any atom is -0.507 e. The monoisotopic (exact) mass is 428 g/mol. The van der Waals surface area contributed by atoms with Crippen molar-refractivity contribution >= 4 is 23.1 Å². The Morgan fingerprint density at radius 1 is 1.03 bits per heavy atom. The first-order chi connectivity index (χ1) is 15.5. The molecule has 1 aliphatic heterocycles. The summed E-state index contributed by atoms with van der Waals surface area (Å²) in [6, 6.07) is 18.6. The van der Waals surface area contributed by atoms with Crippen LogP contribution in [0.15, 0.2) is 78.5 Å². The van der Waals surface area contributed by atoms with Crippen LogP contribution in [0.1, 0.15) is 36.2 Å². The lowest BCUT2D eigenvalue weighted by atomic mass is 9.98. The molecule has 0 saturated carbocycles. The van der Waals surface area contributed by atoms with Crippen LogP contribution in [0, 0.1) is 6.92 Å². The molecule has 0 spiro atoms. The number of carbonyl (C=O) groups is 2. The zero-order valence-electron chi connectivity index (χ0n) is 18.0. The summed E-state index contributed by atoms with van der Waals surface area (Å²) in [5.74, 6) is -1.01. The number of Topliss-reactive ketones (excluding diaryl/α,β-unsaturated/α-hetero) is 1. The Morgan fingerprint density at radius 2 is 1.75 bits per heavy atom. The van der Waals surface area contributed by atoms with Gasteiger partial charge in [0.15, 0.2) is 0 Å². The maximum Gasteiger partial charge on any atom is 0.300 e. The molecule has 1 atom stereocenters. The van der Waals surface area contributed by atoms with E-state index in [9.17, 15) is 14.7 Å². The molecule has 1 aliphatic rings. The average molecular weight is 428 g/mol. The number of pyridine rings is 1. The van der Waals surface area contributed by atoms with Crippen LogP contribution in [0.2, 0.25) is 0 Å². The van der Waals surface area contributed by atoms with Gasteiger partial charge < -0.3 is 9.84 Å². The number of hydrogen-bond donors (Lipinski definition) is 1. The molecule has 6 heteroatoms. The quantitative estimate of drug-likeness (QED) is 0.346. The maximum absolute atomic E-state index is 13.1. The molecule has 0 aliphatic carbocycles. The van der Waals surface area contributed by atoms with E-state index in [1.165, 1.54) is 4.90 Å². The van der Waals surface area contributed by atoms with Gasteiger partial charge in [-0.1, -0.05) is 30.7 Å². The highest BCUT2D eigenvalue weighted by Crippen LogP contribution is 2.41. The van der Waals surface area contributed by atoms with Gasteiger partial charge in [-0.25, -0.2) is 0 Å².